The summed E-state index contributed by atoms with van der Waals surface area (Å²) in [6, 6.07) is -1.23. The number of ketones is 4. The minimum atomic E-state index is -2.50. The number of piperidine rings is 1. The Morgan fingerprint density at radius 1 is 0.796 bits per heavy atom. The molecule has 25 heteroatoms. The zero-order valence-corrected chi connectivity index (χ0v) is 66.6. The van der Waals surface area contributed by atoms with Crippen LogP contribution < -0.4 is 0 Å². The van der Waals surface area contributed by atoms with E-state index in [0.29, 0.717) is 94.7 Å². The Balaban J connectivity index is 0.938. The van der Waals surface area contributed by atoms with Gasteiger partial charge < -0.3 is 72.7 Å². The van der Waals surface area contributed by atoms with E-state index in [2.05, 4.69) is 0 Å². The number of hydrogen-bond acceptors (Lipinski definition) is 24. The number of aliphatic hydroxyl groups excluding tert-OH is 2. The summed E-state index contributed by atoms with van der Waals surface area (Å²) in [4.78, 5) is 147. The Morgan fingerprint density at radius 2 is 1.49 bits per heavy atom. The lowest BCUT2D eigenvalue weighted by atomic mass is 9.53. The smallest absolute Gasteiger partial charge is 0.340 e. The third kappa shape index (κ3) is 20.0. The highest BCUT2D eigenvalue weighted by Gasteiger charge is 2.65. The van der Waals surface area contributed by atoms with Crippen molar-refractivity contribution in [2.45, 2.75) is 258 Å². The fourth-order valence-electron chi connectivity index (χ4n) is 18.0. The number of hydrogen-bond donors (Lipinski definition) is 3. The van der Waals surface area contributed by atoms with Gasteiger partial charge in [-0.15, -0.1) is 0 Å². The highest BCUT2D eigenvalue weighted by atomic mass is 16.6. The van der Waals surface area contributed by atoms with E-state index in [1.165, 1.54) is 21.1 Å². The van der Waals surface area contributed by atoms with E-state index < -0.39 is 160 Å². The summed E-state index contributed by atoms with van der Waals surface area (Å²) in [5.41, 5.74) is -0.566. The summed E-state index contributed by atoms with van der Waals surface area (Å²) >= 11 is 0. The number of carbonyl (C=O) groups excluding carboxylic acids is 10. The number of fused-ring (bicyclic) bond motifs is 7. The predicted octanol–water partition coefficient (Wildman–Crippen LogP) is 9.59. The molecule has 3 saturated heterocycles. The molecule has 600 valence electrons. The number of Topliss-reactive ketones (excluding diaryl/α,β-unsaturated/α-hetero) is 4. The molecule has 8 aliphatic rings. The van der Waals surface area contributed by atoms with Crippen LogP contribution in [0.1, 0.15) is 191 Å². The number of methoxy groups -OCH3 is 3. The van der Waals surface area contributed by atoms with E-state index in [4.69, 9.17) is 42.6 Å². The molecule has 1 amide bonds. The molecule has 2 bridgehead atoms. The van der Waals surface area contributed by atoms with Crippen LogP contribution in [0.5, 0.6) is 0 Å². The second-order valence-corrected chi connectivity index (χ2v) is 32.7. The predicted molar refractivity (Wildman–Crippen MR) is 398 cm³/mol. The van der Waals surface area contributed by atoms with Crippen molar-refractivity contribution in [2.75, 3.05) is 68.7 Å². The molecule has 108 heavy (non-hydrogen) atoms. The molecule has 18 atom stereocenters. The van der Waals surface area contributed by atoms with Crippen LogP contribution in [0.2, 0.25) is 0 Å². The van der Waals surface area contributed by atoms with E-state index in [1.54, 1.807) is 66.0 Å². The van der Waals surface area contributed by atoms with Crippen LogP contribution in [0.15, 0.2) is 81.9 Å². The Morgan fingerprint density at radius 3 is 2.15 bits per heavy atom. The first kappa shape index (κ1) is 86.6. The van der Waals surface area contributed by atoms with Crippen molar-refractivity contribution in [1.29, 1.82) is 0 Å². The SMILES string of the molecule is COC[C@H]1OC(=O)/C(=C/N(C)CCCN(C)C)C2=C(O)C(=O)C3=C([C@H](OC(C)=O)C[C@@]4(C)C3CC[C@@H]4OC(=O)CCC(=O)O[C@H]3CC[C@H](C[C@@H](C)[C@@H]4CC(=O)C(C)/C=C(\C)[C@@H](O)[C@@H](OC)C(=O)[C@H](C)C[C@H](C)/C=C/C=C/C=C(\C)[C@@H](OC)C[C@@H]5CC[C@@H](C)[C@@](O)(O5)C(=O)C(=O)N5CCCC[C@H]5C(=O)O4)CC3)[C@]21C. The van der Waals surface area contributed by atoms with Crippen LogP contribution in [-0.4, -0.2) is 224 Å². The first-order valence-electron chi connectivity index (χ1n) is 39.0. The molecule has 5 fully saturated rings. The van der Waals surface area contributed by atoms with Gasteiger partial charge in [0.25, 0.3) is 11.7 Å². The van der Waals surface area contributed by atoms with Crippen molar-refractivity contribution in [2.24, 2.45) is 52.3 Å². The van der Waals surface area contributed by atoms with Crippen molar-refractivity contribution < 1.29 is 106 Å². The summed E-state index contributed by atoms with van der Waals surface area (Å²) in [5, 5.41) is 36.0. The number of esters is 5. The van der Waals surface area contributed by atoms with Crippen LogP contribution in [-0.2, 0) is 90.6 Å². The van der Waals surface area contributed by atoms with E-state index in [1.807, 2.05) is 77.1 Å². The van der Waals surface area contributed by atoms with Gasteiger partial charge in [0.15, 0.2) is 11.5 Å². The van der Waals surface area contributed by atoms with Gasteiger partial charge in [-0.2, -0.15) is 0 Å². The van der Waals surface area contributed by atoms with Gasteiger partial charge in [0.2, 0.25) is 11.6 Å². The van der Waals surface area contributed by atoms with E-state index in [-0.39, 0.29) is 91.8 Å². The monoisotopic (exact) mass is 1510 g/mol. The lowest BCUT2D eigenvalue weighted by Gasteiger charge is -2.54. The largest absolute Gasteiger partial charge is 0.504 e. The fourth-order valence-corrected chi connectivity index (χ4v) is 18.0. The minimum absolute atomic E-state index is 0.00562. The molecule has 8 rings (SSSR count). The maximum Gasteiger partial charge on any atom is 0.340 e. The van der Waals surface area contributed by atoms with Gasteiger partial charge >= 0.3 is 29.8 Å². The number of nitrogens with zero attached hydrogens (tertiary/aromatic N) is 3. The molecule has 4 heterocycles. The molecule has 4 aliphatic carbocycles. The number of ether oxygens (including phenoxy) is 9. The Bertz CT molecular complexity index is 3540. The average molecular weight is 1510 g/mol. The summed E-state index contributed by atoms with van der Waals surface area (Å²) < 4.78 is 54.2. The maximum atomic E-state index is 14.9. The molecule has 0 aromatic heterocycles. The number of allylic oxidation sites excluding steroid dienone is 7. The highest BCUT2D eigenvalue weighted by molar-refractivity contribution is 6.39. The summed E-state index contributed by atoms with van der Waals surface area (Å²) in [7, 11) is 10.1. The molecule has 0 spiro atoms. The van der Waals surface area contributed by atoms with E-state index >= 15 is 0 Å². The molecule has 3 N–H and O–H groups in total. The van der Waals surface area contributed by atoms with Crippen LogP contribution in [0, 0.1) is 52.3 Å². The van der Waals surface area contributed by atoms with Crippen molar-refractivity contribution in [3.63, 3.8) is 0 Å². The second-order valence-electron chi connectivity index (χ2n) is 32.7. The van der Waals surface area contributed by atoms with Gasteiger partial charge in [-0.1, -0.05) is 78.0 Å². The Labute approximate surface area is 637 Å². The number of cyclic esters (lactones) is 2. The van der Waals surface area contributed by atoms with Crippen LogP contribution >= 0.6 is 0 Å². The topological polar surface area (TPSA) is 324 Å². The number of amides is 1. The third-order valence-electron chi connectivity index (χ3n) is 24.3. The standard InChI is InChI=1S/C83H121N3O22/c1-47-23-18-17-19-24-48(2)62(101-15)42-57-29-26-53(7)83(99,108-57)77(95)78(96)86-38-21-20-25-60(86)80(98)105-63(43-61(88)49(3)40-52(6)73(92)76(102-16)72(91)51(5)39-47)50(4)41-55-27-30-56(31-28-55)104-67(89)34-35-68(90)106-65-33-32-59-69-71(64(103-54(8)87)44-81(59,65)9)82(10)66(46-100-14)107-79(97)58(70(82)75(94)74(69)93)45-85(13)37-22-36-84(11)12/h17-19,23-24,40,45,47,49-51,53,55-57,59-60,62-66,73,76,92,94,99H,20-22,25-39,41-44,46H2,1-16H3/b19-17+,23-18+,48-24+,52-40+,58-45+/t47-,49?,50-,51-,53-,55-,56-,57+,59?,60+,62+,63+,64-,65+,66-,73-,76+,81+,82+,83-/m1/s1. The molecule has 2 unspecified atom stereocenters. The Kier molecular flexibility index (Phi) is 30.3. The summed E-state index contributed by atoms with van der Waals surface area (Å²) in [5.74, 6) is -13.4. The van der Waals surface area contributed by atoms with Gasteiger partial charge in [0, 0.05) is 102 Å². The normalized spacial score (nSPS) is 36.8. The van der Waals surface area contributed by atoms with Gasteiger partial charge in [-0.3, -0.25) is 38.4 Å². The zero-order valence-electron chi connectivity index (χ0n) is 66.6. The maximum absolute atomic E-state index is 14.9. The lowest BCUT2D eigenvalue weighted by molar-refractivity contribution is -0.265. The van der Waals surface area contributed by atoms with Crippen molar-refractivity contribution in [1.82, 2.24) is 14.7 Å². The molecule has 0 aromatic carbocycles. The minimum Gasteiger partial charge on any atom is -0.504 e. The molecular weight excluding hydrogens is 1390 g/mol. The van der Waals surface area contributed by atoms with E-state index in [9.17, 15) is 63.3 Å². The molecule has 0 aromatic rings. The second kappa shape index (κ2) is 37.8. The molecular formula is C83H121N3O22. The summed E-state index contributed by atoms with van der Waals surface area (Å²) in [6.45, 7) is 18.6. The van der Waals surface area contributed by atoms with Crippen LogP contribution in [0.3, 0.4) is 0 Å². The first-order chi connectivity index (χ1) is 51.0. The Hall–Kier alpha value is -7.00. The third-order valence-corrected chi connectivity index (χ3v) is 24.3. The van der Waals surface area contributed by atoms with Crippen molar-refractivity contribution in [3.8, 4) is 0 Å². The van der Waals surface area contributed by atoms with Crippen molar-refractivity contribution in [3.05, 3.63) is 81.9 Å². The van der Waals surface area contributed by atoms with Gasteiger partial charge in [0.1, 0.15) is 54.6 Å². The number of aliphatic hydroxyl groups is 3. The summed E-state index contributed by atoms with van der Waals surface area (Å²) in [6.07, 6.45) is 10.4. The average Bonchev–Trinajstić information content (AvgIpc) is 1.15. The lowest BCUT2D eigenvalue weighted by Crippen LogP contribution is -2.61. The highest BCUT2D eigenvalue weighted by Crippen LogP contribution is 2.64. The molecule has 4 aliphatic heterocycles. The number of carbonyl (C=O) groups is 10. The van der Waals surface area contributed by atoms with Crippen molar-refractivity contribution >= 4 is 58.9 Å². The first-order valence-corrected chi connectivity index (χ1v) is 39.0. The quantitative estimate of drug-likeness (QED) is 0.0378. The molecule has 2 saturated carbocycles. The van der Waals surface area contributed by atoms with Crippen LogP contribution in [0.25, 0.3) is 0 Å². The fraction of sp³-hybridized carbons (Fsp3) is 0.711. The zero-order chi connectivity index (χ0) is 79.4. The molecule has 0 radical (unpaired) electrons. The number of rotatable bonds is 18. The van der Waals surface area contributed by atoms with Crippen LogP contribution in [0.4, 0.5) is 0 Å². The van der Waals surface area contributed by atoms with Gasteiger partial charge in [-0.05, 0) is 178 Å². The van der Waals surface area contributed by atoms with E-state index in [0.717, 1.165) is 23.4 Å². The van der Waals surface area contributed by atoms with Gasteiger partial charge in [0.05, 0.1) is 42.6 Å². The van der Waals surface area contributed by atoms with Gasteiger partial charge in [-0.25, -0.2) is 9.59 Å². The molecule has 25 nitrogen and oxygen atoms in total.